The van der Waals surface area contributed by atoms with Gasteiger partial charge in [0.15, 0.2) is 0 Å². The third-order valence-electron chi connectivity index (χ3n) is 1.50. The van der Waals surface area contributed by atoms with Gasteiger partial charge in [0, 0.05) is 17.8 Å². The van der Waals surface area contributed by atoms with E-state index in [1.165, 1.54) is 0 Å². The number of nitrogens with two attached hydrogens (primary N) is 1. The highest BCUT2D eigenvalue weighted by molar-refractivity contribution is 7.09. The summed E-state index contributed by atoms with van der Waals surface area (Å²) in [5, 5.41) is 3.20. The van der Waals surface area contributed by atoms with Crippen LogP contribution in [0.25, 0.3) is 0 Å². The Balaban J connectivity index is 2.74. The summed E-state index contributed by atoms with van der Waals surface area (Å²) in [6.45, 7) is 4.79. The standard InChI is InChI=1S/C7H12N2S/c1-5(3-8)7-4-10-6(2)9-7/h4-5H,3,8H2,1-2H3. The maximum Gasteiger partial charge on any atom is 0.0897 e. The number of hydrogen-bond acceptors (Lipinski definition) is 3. The van der Waals surface area contributed by atoms with E-state index in [-0.39, 0.29) is 0 Å². The van der Waals surface area contributed by atoms with E-state index in [4.69, 9.17) is 5.73 Å². The number of thiazole rings is 1. The minimum Gasteiger partial charge on any atom is -0.330 e. The highest BCUT2D eigenvalue weighted by Gasteiger charge is 2.05. The average Bonchev–Trinajstić information content (AvgIpc) is 2.34. The maximum absolute atomic E-state index is 5.48. The van der Waals surface area contributed by atoms with Crippen molar-refractivity contribution >= 4 is 11.3 Å². The van der Waals surface area contributed by atoms with E-state index in [2.05, 4.69) is 17.3 Å². The van der Waals surface area contributed by atoms with Gasteiger partial charge in [0.25, 0.3) is 0 Å². The summed E-state index contributed by atoms with van der Waals surface area (Å²) in [5.41, 5.74) is 6.61. The molecule has 2 N–H and O–H groups in total. The monoisotopic (exact) mass is 156 g/mol. The van der Waals surface area contributed by atoms with Crippen molar-refractivity contribution in [1.29, 1.82) is 0 Å². The Kier molecular flexibility index (Phi) is 2.40. The summed E-state index contributed by atoms with van der Waals surface area (Å²) in [6, 6.07) is 0. The first-order valence-electron chi connectivity index (χ1n) is 3.36. The lowest BCUT2D eigenvalue weighted by atomic mass is 10.1. The molecule has 2 nitrogen and oxygen atoms in total. The van der Waals surface area contributed by atoms with Gasteiger partial charge in [-0.05, 0) is 6.92 Å². The van der Waals surface area contributed by atoms with Gasteiger partial charge in [-0.15, -0.1) is 11.3 Å². The molecule has 3 heteroatoms. The zero-order valence-electron chi connectivity index (χ0n) is 6.29. The minimum absolute atomic E-state index is 0.407. The average molecular weight is 156 g/mol. The second-order valence-electron chi connectivity index (χ2n) is 2.43. The fraction of sp³-hybridized carbons (Fsp3) is 0.571. The van der Waals surface area contributed by atoms with Crippen molar-refractivity contribution in [3.05, 3.63) is 16.1 Å². The van der Waals surface area contributed by atoms with Gasteiger partial charge in [-0.25, -0.2) is 4.98 Å². The third kappa shape index (κ3) is 1.55. The molecular weight excluding hydrogens is 144 g/mol. The maximum atomic E-state index is 5.48. The normalized spacial score (nSPS) is 13.5. The minimum atomic E-state index is 0.407. The van der Waals surface area contributed by atoms with Crippen LogP contribution in [0.15, 0.2) is 5.38 Å². The molecule has 0 amide bonds. The number of nitrogens with zero attached hydrogens (tertiary/aromatic N) is 1. The molecule has 10 heavy (non-hydrogen) atoms. The van der Waals surface area contributed by atoms with Gasteiger partial charge in [-0.2, -0.15) is 0 Å². The fourth-order valence-corrected chi connectivity index (χ4v) is 1.46. The number of hydrogen-bond donors (Lipinski definition) is 1. The Morgan fingerprint density at radius 3 is 2.90 bits per heavy atom. The van der Waals surface area contributed by atoms with Gasteiger partial charge >= 0.3 is 0 Å². The van der Waals surface area contributed by atoms with Gasteiger partial charge in [-0.3, -0.25) is 0 Å². The Morgan fingerprint density at radius 2 is 2.50 bits per heavy atom. The molecule has 1 aromatic heterocycles. The van der Waals surface area contributed by atoms with Gasteiger partial charge in [0.2, 0.25) is 0 Å². The molecule has 0 saturated heterocycles. The van der Waals surface area contributed by atoms with E-state index in [9.17, 15) is 0 Å². The first-order valence-corrected chi connectivity index (χ1v) is 4.24. The lowest BCUT2D eigenvalue weighted by molar-refractivity contribution is 0.749. The quantitative estimate of drug-likeness (QED) is 0.705. The number of rotatable bonds is 2. The summed E-state index contributed by atoms with van der Waals surface area (Å²) in [4.78, 5) is 4.32. The van der Waals surface area contributed by atoms with Crippen LogP contribution in [0.4, 0.5) is 0 Å². The molecule has 1 atom stereocenters. The summed E-state index contributed by atoms with van der Waals surface area (Å²) >= 11 is 1.68. The van der Waals surface area contributed by atoms with Gasteiger partial charge < -0.3 is 5.73 Å². The molecule has 0 saturated carbocycles. The molecule has 1 unspecified atom stereocenters. The van der Waals surface area contributed by atoms with Crippen LogP contribution < -0.4 is 5.73 Å². The van der Waals surface area contributed by atoms with Gasteiger partial charge in [-0.1, -0.05) is 6.92 Å². The third-order valence-corrected chi connectivity index (χ3v) is 2.29. The van der Waals surface area contributed by atoms with Crippen molar-refractivity contribution in [2.45, 2.75) is 19.8 Å². The summed E-state index contributed by atoms with van der Waals surface area (Å²) < 4.78 is 0. The van der Waals surface area contributed by atoms with E-state index >= 15 is 0 Å². The number of aryl methyl sites for hydroxylation is 1. The summed E-state index contributed by atoms with van der Waals surface area (Å²) in [7, 11) is 0. The topological polar surface area (TPSA) is 38.9 Å². The van der Waals surface area contributed by atoms with Crippen molar-refractivity contribution in [2.24, 2.45) is 5.73 Å². The molecule has 0 fully saturated rings. The summed E-state index contributed by atoms with van der Waals surface area (Å²) in [6.07, 6.45) is 0. The second kappa shape index (κ2) is 3.12. The SMILES string of the molecule is Cc1nc(C(C)CN)cs1. The van der Waals surface area contributed by atoms with Crippen LogP contribution in [0.5, 0.6) is 0 Å². The van der Waals surface area contributed by atoms with Crippen molar-refractivity contribution in [1.82, 2.24) is 4.98 Å². The van der Waals surface area contributed by atoms with Crippen LogP contribution in [0.1, 0.15) is 23.5 Å². The van der Waals surface area contributed by atoms with E-state index in [0.717, 1.165) is 10.7 Å². The highest BCUT2D eigenvalue weighted by Crippen LogP contribution is 2.16. The Morgan fingerprint density at radius 1 is 1.80 bits per heavy atom. The molecule has 0 aliphatic carbocycles. The first kappa shape index (κ1) is 7.69. The molecule has 0 aromatic carbocycles. The van der Waals surface area contributed by atoms with Crippen LogP contribution in [-0.2, 0) is 0 Å². The molecule has 0 spiro atoms. The predicted octanol–water partition coefficient (Wildman–Crippen LogP) is 1.51. The highest BCUT2D eigenvalue weighted by atomic mass is 32.1. The predicted molar refractivity (Wildman–Crippen MR) is 44.3 cm³/mol. The van der Waals surface area contributed by atoms with Crippen molar-refractivity contribution in [2.75, 3.05) is 6.54 Å². The van der Waals surface area contributed by atoms with Gasteiger partial charge in [0.1, 0.15) is 0 Å². The van der Waals surface area contributed by atoms with E-state index in [1.807, 2.05) is 6.92 Å². The molecule has 0 aliphatic rings. The van der Waals surface area contributed by atoms with Crippen LogP contribution >= 0.6 is 11.3 Å². The molecule has 56 valence electrons. The lowest BCUT2D eigenvalue weighted by Crippen LogP contribution is -2.08. The molecular formula is C7H12N2S. The fourth-order valence-electron chi connectivity index (χ4n) is 0.727. The van der Waals surface area contributed by atoms with Crippen LogP contribution in [-0.4, -0.2) is 11.5 Å². The van der Waals surface area contributed by atoms with E-state index in [0.29, 0.717) is 12.5 Å². The smallest absolute Gasteiger partial charge is 0.0897 e. The molecule has 1 aromatic rings. The second-order valence-corrected chi connectivity index (χ2v) is 3.49. The summed E-state index contributed by atoms with van der Waals surface area (Å²) in [5.74, 6) is 0.407. The van der Waals surface area contributed by atoms with Crippen LogP contribution in [0.3, 0.4) is 0 Å². The molecule has 0 radical (unpaired) electrons. The first-order chi connectivity index (χ1) is 4.74. The zero-order valence-corrected chi connectivity index (χ0v) is 7.11. The largest absolute Gasteiger partial charge is 0.330 e. The molecule has 0 aliphatic heterocycles. The Labute approximate surface area is 65.1 Å². The van der Waals surface area contributed by atoms with Crippen LogP contribution in [0, 0.1) is 6.92 Å². The van der Waals surface area contributed by atoms with Crippen LogP contribution in [0.2, 0.25) is 0 Å². The van der Waals surface area contributed by atoms with Gasteiger partial charge in [0.05, 0.1) is 10.7 Å². The molecule has 1 heterocycles. The lowest BCUT2D eigenvalue weighted by Gasteiger charge is -2.01. The Hall–Kier alpha value is -0.410. The number of aromatic nitrogens is 1. The van der Waals surface area contributed by atoms with Crippen molar-refractivity contribution in [3.8, 4) is 0 Å². The molecule has 1 rings (SSSR count). The zero-order chi connectivity index (χ0) is 7.56. The molecule has 0 bridgehead atoms. The van der Waals surface area contributed by atoms with E-state index < -0.39 is 0 Å². The van der Waals surface area contributed by atoms with E-state index in [1.54, 1.807) is 11.3 Å². The van der Waals surface area contributed by atoms with Crippen molar-refractivity contribution < 1.29 is 0 Å². The Bertz CT molecular complexity index is 207. The van der Waals surface area contributed by atoms with Crippen molar-refractivity contribution in [3.63, 3.8) is 0 Å².